The van der Waals surface area contributed by atoms with Gasteiger partial charge in [0.15, 0.2) is 0 Å². The third-order valence-corrected chi connectivity index (χ3v) is 4.58. The van der Waals surface area contributed by atoms with Crippen molar-refractivity contribution in [3.8, 4) is 0 Å². The molecule has 1 aromatic rings. The molecule has 1 spiro atoms. The molecule has 1 aromatic heterocycles. The van der Waals surface area contributed by atoms with E-state index >= 15 is 0 Å². The van der Waals surface area contributed by atoms with E-state index in [-0.39, 0.29) is 18.0 Å². The third-order valence-electron chi connectivity index (χ3n) is 4.58. The summed E-state index contributed by atoms with van der Waals surface area (Å²) >= 11 is 0. The molecule has 1 amide bonds. The van der Waals surface area contributed by atoms with Crippen molar-refractivity contribution in [2.75, 3.05) is 25.0 Å². The number of carboxylic acids is 1. The summed E-state index contributed by atoms with van der Waals surface area (Å²) in [4.78, 5) is 33.4. The summed E-state index contributed by atoms with van der Waals surface area (Å²) in [7, 11) is 0. The quantitative estimate of drug-likeness (QED) is 0.712. The van der Waals surface area contributed by atoms with Gasteiger partial charge in [0, 0.05) is 31.0 Å². The predicted octanol–water partition coefficient (Wildman–Crippen LogP) is 0.218. The number of carbonyl (C=O) groups excluding carboxylic acids is 1. The third kappa shape index (κ3) is 3.26. The van der Waals surface area contributed by atoms with Gasteiger partial charge in [-0.15, -0.1) is 0 Å². The lowest BCUT2D eigenvalue weighted by Crippen LogP contribution is -2.58. The molecule has 8 nitrogen and oxygen atoms in total. The first-order chi connectivity index (χ1) is 11.1. The van der Waals surface area contributed by atoms with Gasteiger partial charge in [-0.3, -0.25) is 14.5 Å². The van der Waals surface area contributed by atoms with Crippen molar-refractivity contribution in [1.82, 2.24) is 20.2 Å². The van der Waals surface area contributed by atoms with E-state index in [0.29, 0.717) is 12.5 Å². The fraction of sp³-hybridized carbons (Fsp3) is 0.600. The molecule has 2 aliphatic rings. The largest absolute Gasteiger partial charge is 0.480 e. The van der Waals surface area contributed by atoms with Crippen molar-refractivity contribution >= 4 is 17.8 Å². The molecule has 124 valence electrons. The number of carboxylic acid groups (broad SMARTS) is 1. The highest BCUT2D eigenvalue weighted by molar-refractivity contribution is 5.87. The van der Waals surface area contributed by atoms with Crippen LogP contribution in [0.4, 0.5) is 5.95 Å². The number of hydrogen-bond acceptors (Lipinski definition) is 6. The molecule has 0 bridgehead atoms. The molecule has 1 atom stereocenters. The highest BCUT2D eigenvalue weighted by Crippen LogP contribution is 2.36. The molecule has 3 N–H and O–H groups in total. The summed E-state index contributed by atoms with van der Waals surface area (Å²) in [5, 5.41) is 14.2. The first kappa shape index (κ1) is 15.7. The predicted molar refractivity (Wildman–Crippen MR) is 82.8 cm³/mol. The van der Waals surface area contributed by atoms with Gasteiger partial charge in [0.05, 0.1) is 0 Å². The minimum atomic E-state index is -0.958. The molecule has 2 aliphatic heterocycles. The second kappa shape index (κ2) is 6.49. The molecule has 3 heterocycles. The van der Waals surface area contributed by atoms with Crippen LogP contribution in [0.5, 0.6) is 0 Å². The van der Waals surface area contributed by atoms with Gasteiger partial charge in [-0.25, -0.2) is 9.97 Å². The summed E-state index contributed by atoms with van der Waals surface area (Å²) in [5.41, 5.74) is 0.545. The van der Waals surface area contributed by atoms with E-state index in [0.717, 1.165) is 44.3 Å². The van der Waals surface area contributed by atoms with Gasteiger partial charge in [0.1, 0.15) is 12.1 Å². The SMILES string of the molecule is O=C(O)CNc1ncc(CN2CCCC23CCCNC3=O)cn1. The Kier molecular flexibility index (Phi) is 4.42. The zero-order valence-corrected chi connectivity index (χ0v) is 12.9. The zero-order valence-electron chi connectivity index (χ0n) is 12.9. The summed E-state index contributed by atoms with van der Waals surface area (Å²) in [6, 6.07) is 0. The Labute approximate surface area is 134 Å². The van der Waals surface area contributed by atoms with Crippen molar-refractivity contribution in [2.45, 2.75) is 37.8 Å². The van der Waals surface area contributed by atoms with Gasteiger partial charge in [-0.2, -0.15) is 0 Å². The molecule has 3 rings (SSSR count). The van der Waals surface area contributed by atoms with Crippen LogP contribution in [0.2, 0.25) is 0 Å². The first-order valence-electron chi connectivity index (χ1n) is 7.90. The number of hydrogen-bond donors (Lipinski definition) is 3. The van der Waals surface area contributed by atoms with Crippen molar-refractivity contribution < 1.29 is 14.7 Å². The normalized spacial score (nSPS) is 24.6. The zero-order chi connectivity index (χ0) is 16.3. The second-order valence-corrected chi connectivity index (χ2v) is 6.08. The summed E-state index contributed by atoms with van der Waals surface area (Å²) in [6.45, 7) is 2.08. The van der Waals surface area contributed by atoms with E-state index in [4.69, 9.17) is 5.11 Å². The second-order valence-electron chi connectivity index (χ2n) is 6.08. The molecule has 0 aliphatic carbocycles. The highest BCUT2D eigenvalue weighted by atomic mass is 16.4. The molecule has 1 unspecified atom stereocenters. The number of nitrogens with one attached hydrogen (secondary N) is 2. The van der Waals surface area contributed by atoms with Gasteiger partial charge in [-0.1, -0.05) is 0 Å². The molecule has 0 aromatic carbocycles. The Bertz CT molecular complexity index is 591. The molecule has 8 heteroatoms. The van der Waals surface area contributed by atoms with Crippen molar-refractivity contribution in [3.63, 3.8) is 0 Å². The molecule has 23 heavy (non-hydrogen) atoms. The van der Waals surface area contributed by atoms with Crippen LogP contribution >= 0.6 is 0 Å². The van der Waals surface area contributed by atoms with Gasteiger partial charge >= 0.3 is 5.97 Å². The molecule has 0 radical (unpaired) electrons. The average Bonchev–Trinajstić information content (AvgIpc) is 2.93. The lowest BCUT2D eigenvalue weighted by molar-refractivity contribution is -0.135. The Morgan fingerprint density at radius 3 is 2.78 bits per heavy atom. The van der Waals surface area contributed by atoms with Gasteiger partial charge < -0.3 is 15.7 Å². The number of aliphatic carboxylic acids is 1. The summed E-state index contributed by atoms with van der Waals surface area (Å²) in [6.07, 6.45) is 7.20. The topological polar surface area (TPSA) is 107 Å². The van der Waals surface area contributed by atoms with Gasteiger partial charge in [-0.05, 0) is 32.2 Å². The first-order valence-corrected chi connectivity index (χ1v) is 7.90. The van der Waals surface area contributed by atoms with Gasteiger partial charge in [0.2, 0.25) is 11.9 Å². The number of piperidine rings is 1. The van der Waals surface area contributed by atoms with Crippen LogP contribution in [0.1, 0.15) is 31.2 Å². The minimum Gasteiger partial charge on any atom is -0.480 e. The summed E-state index contributed by atoms with van der Waals surface area (Å²) < 4.78 is 0. The van der Waals surface area contributed by atoms with Crippen LogP contribution < -0.4 is 10.6 Å². The number of aromatic nitrogens is 2. The van der Waals surface area contributed by atoms with Crippen LogP contribution in [0.3, 0.4) is 0 Å². The molecular formula is C15H21N5O3. The Balaban J connectivity index is 1.66. The van der Waals surface area contributed by atoms with Crippen LogP contribution in [0.25, 0.3) is 0 Å². The maximum atomic E-state index is 12.4. The molecule has 2 fully saturated rings. The summed E-state index contributed by atoms with van der Waals surface area (Å²) in [5.74, 6) is -0.524. The standard InChI is InChI=1S/C15H21N5O3/c21-12(22)9-19-14-17-7-11(8-18-14)10-20-6-2-4-15(20)3-1-5-16-13(15)23/h7-8H,1-6,9-10H2,(H,16,23)(H,21,22)(H,17,18,19). The van der Waals surface area contributed by atoms with Crippen molar-refractivity contribution in [1.29, 1.82) is 0 Å². The van der Waals surface area contributed by atoms with E-state index in [2.05, 4.69) is 25.5 Å². The van der Waals surface area contributed by atoms with E-state index in [1.54, 1.807) is 12.4 Å². The number of nitrogens with zero attached hydrogens (tertiary/aromatic N) is 3. The maximum Gasteiger partial charge on any atom is 0.322 e. The molecule has 2 saturated heterocycles. The van der Waals surface area contributed by atoms with Crippen molar-refractivity contribution in [3.05, 3.63) is 18.0 Å². The fourth-order valence-electron chi connectivity index (χ4n) is 3.47. The van der Waals surface area contributed by atoms with Crippen LogP contribution in [0, 0.1) is 0 Å². The number of likely N-dealkylation sites (tertiary alicyclic amines) is 1. The monoisotopic (exact) mass is 319 g/mol. The lowest BCUT2D eigenvalue weighted by Gasteiger charge is -2.40. The Morgan fingerprint density at radius 1 is 1.35 bits per heavy atom. The Morgan fingerprint density at radius 2 is 2.09 bits per heavy atom. The van der Waals surface area contributed by atoms with E-state index in [9.17, 15) is 9.59 Å². The van der Waals surface area contributed by atoms with E-state index < -0.39 is 5.97 Å². The molecular weight excluding hydrogens is 298 g/mol. The lowest BCUT2D eigenvalue weighted by atomic mass is 9.86. The molecule has 0 saturated carbocycles. The number of rotatable bonds is 5. The highest BCUT2D eigenvalue weighted by Gasteiger charge is 2.48. The minimum absolute atomic E-state index is 0.141. The van der Waals surface area contributed by atoms with Crippen molar-refractivity contribution in [2.24, 2.45) is 0 Å². The van der Waals surface area contributed by atoms with Gasteiger partial charge in [0.25, 0.3) is 0 Å². The number of anilines is 1. The van der Waals surface area contributed by atoms with Crippen LogP contribution in [-0.4, -0.2) is 57.0 Å². The Hall–Kier alpha value is -2.22. The average molecular weight is 319 g/mol. The number of amides is 1. The number of carbonyl (C=O) groups is 2. The van der Waals surface area contributed by atoms with E-state index in [1.165, 1.54) is 0 Å². The fourth-order valence-corrected chi connectivity index (χ4v) is 3.47. The van der Waals surface area contributed by atoms with E-state index in [1.807, 2.05) is 0 Å². The maximum absolute atomic E-state index is 12.4. The van der Waals surface area contributed by atoms with Crippen LogP contribution in [-0.2, 0) is 16.1 Å². The smallest absolute Gasteiger partial charge is 0.322 e. The van der Waals surface area contributed by atoms with Crippen LogP contribution in [0.15, 0.2) is 12.4 Å².